The summed E-state index contributed by atoms with van der Waals surface area (Å²) in [5, 5.41) is 9.79. The Morgan fingerprint density at radius 1 is 1.29 bits per heavy atom. The molecule has 8 heteroatoms. The minimum absolute atomic E-state index is 0.105. The Morgan fingerprint density at radius 3 is 2.71 bits per heavy atom. The summed E-state index contributed by atoms with van der Waals surface area (Å²) in [5.41, 5.74) is 1.87. The highest BCUT2D eigenvalue weighted by atomic mass is 32.2. The molecule has 1 aliphatic rings. The Morgan fingerprint density at radius 2 is 2.03 bits per heavy atom. The first kappa shape index (κ1) is 26.2. The Hall–Kier alpha value is -2.44. The highest BCUT2D eigenvalue weighted by Crippen LogP contribution is 2.34. The number of aliphatic hydroxyl groups is 1. The van der Waals surface area contributed by atoms with E-state index in [4.69, 9.17) is 4.74 Å². The van der Waals surface area contributed by atoms with Gasteiger partial charge in [0.25, 0.3) is 0 Å². The molecule has 34 heavy (non-hydrogen) atoms. The number of unbranched alkanes of at least 4 members (excludes halogenated alkanes) is 1. The summed E-state index contributed by atoms with van der Waals surface area (Å²) in [6, 6.07) is 8.44. The van der Waals surface area contributed by atoms with Gasteiger partial charge in [-0.25, -0.2) is 8.42 Å². The quantitative estimate of drug-likeness (QED) is 0.607. The Labute approximate surface area is 203 Å². The van der Waals surface area contributed by atoms with E-state index in [0.29, 0.717) is 12.3 Å². The van der Waals surface area contributed by atoms with E-state index >= 15 is 0 Å². The van der Waals surface area contributed by atoms with Crippen molar-refractivity contribution in [3.63, 3.8) is 0 Å². The lowest BCUT2D eigenvalue weighted by molar-refractivity contribution is 0.0733. The maximum atomic E-state index is 13.5. The summed E-state index contributed by atoms with van der Waals surface area (Å²) in [4.78, 5) is 6.35. The molecule has 184 valence electrons. The summed E-state index contributed by atoms with van der Waals surface area (Å²) >= 11 is 0. The maximum absolute atomic E-state index is 13.5. The molecule has 1 aromatic heterocycles. The van der Waals surface area contributed by atoms with Crippen molar-refractivity contribution in [3.05, 3.63) is 53.9 Å². The fourth-order valence-electron chi connectivity index (χ4n) is 3.98. The van der Waals surface area contributed by atoms with Crippen molar-refractivity contribution in [2.24, 2.45) is 5.92 Å². The zero-order valence-electron chi connectivity index (χ0n) is 20.4. The average Bonchev–Trinajstić information content (AvgIpc) is 2.81. The summed E-state index contributed by atoms with van der Waals surface area (Å²) < 4.78 is 34.9. The predicted octanol–water partition coefficient (Wildman–Crippen LogP) is 3.13. The first-order chi connectivity index (χ1) is 16.3. The van der Waals surface area contributed by atoms with Crippen LogP contribution in [0.15, 0.2) is 47.6 Å². The van der Waals surface area contributed by atoms with Crippen molar-refractivity contribution in [2.45, 2.75) is 57.2 Å². The molecular weight excluding hydrogens is 450 g/mol. The standard InChI is InChI=1S/C26H35N3O4S/c1-5-6-7-8-22-9-10-26-24(15-22)33-25(18-28(4)17-23-11-13-27-14-12-23)20(2)16-29(21(3)19-30)34(26,31)32/h9-15,20-21,25,30H,5-6,16-19H2,1-4H3/t20-,21+,25-/m1/s1. The number of nitrogens with zero attached hydrogens (tertiary/aromatic N) is 3. The zero-order valence-corrected chi connectivity index (χ0v) is 21.3. The number of ether oxygens (including phenoxy) is 1. The van der Waals surface area contributed by atoms with Crippen LogP contribution in [0.4, 0.5) is 0 Å². The fraction of sp³-hybridized carbons (Fsp3) is 0.500. The number of aromatic nitrogens is 1. The van der Waals surface area contributed by atoms with E-state index in [0.717, 1.165) is 30.5 Å². The van der Waals surface area contributed by atoms with Crippen LogP contribution in [0.2, 0.25) is 0 Å². The molecule has 3 atom stereocenters. The second-order valence-corrected chi connectivity index (χ2v) is 10.9. The fourth-order valence-corrected chi connectivity index (χ4v) is 5.81. The molecule has 2 heterocycles. The molecule has 7 nitrogen and oxygen atoms in total. The summed E-state index contributed by atoms with van der Waals surface area (Å²) in [6.45, 7) is 7.12. The molecule has 0 unspecified atom stereocenters. The second-order valence-electron chi connectivity index (χ2n) is 9.01. The number of hydrogen-bond donors (Lipinski definition) is 1. The van der Waals surface area contributed by atoms with Crippen molar-refractivity contribution in [3.8, 4) is 17.6 Å². The van der Waals surface area contributed by atoms with Gasteiger partial charge >= 0.3 is 0 Å². The summed E-state index contributed by atoms with van der Waals surface area (Å²) in [6.07, 6.45) is 5.02. The van der Waals surface area contributed by atoms with Crippen molar-refractivity contribution in [2.75, 3.05) is 26.7 Å². The minimum atomic E-state index is -3.85. The van der Waals surface area contributed by atoms with E-state index < -0.39 is 16.1 Å². The van der Waals surface area contributed by atoms with Crippen LogP contribution in [0.3, 0.4) is 0 Å². The van der Waals surface area contributed by atoms with E-state index in [9.17, 15) is 13.5 Å². The summed E-state index contributed by atoms with van der Waals surface area (Å²) in [7, 11) is -1.83. The van der Waals surface area contributed by atoms with E-state index in [-0.39, 0.29) is 30.1 Å². The van der Waals surface area contributed by atoms with Crippen LogP contribution < -0.4 is 4.74 Å². The smallest absolute Gasteiger partial charge is 0.247 e. The van der Waals surface area contributed by atoms with Crippen molar-refractivity contribution >= 4 is 10.0 Å². The van der Waals surface area contributed by atoms with Gasteiger partial charge in [-0.15, -0.1) is 0 Å². The molecule has 0 spiro atoms. The number of sulfonamides is 1. The molecule has 0 radical (unpaired) electrons. The number of benzene rings is 1. The van der Waals surface area contributed by atoms with Crippen LogP contribution in [-0.2, 0) is 16.6 Å². The highest BCUT2D eigenvalue weighted by Gasteiger charge is 2.38. The normalized spacial score (nSPS) is 20.9. The van der Waals surface area contributed by atoms with Gasteiger partial charge in [-0.2, -0.15) is 4.31 Å². The van der Waals surface area contributed by atoms with Gasteiger partial charge in [0.2, 0.25) is 10.0 Å². The van der Waals surface area contributed by atoms with Crippen molar-refractivity contribution in [1.82, 2.24) is 14.2 Å². The molecule has 2 aromatic rings. The molecule has 1 aliphatic heterocycles. The van der Waals surface area contributed by atoms with Gasteiger partial charge in [0.05, 0.1) is 6.61 Å². The van der Waals surface area contributed by atoms with Crippen LogP contribution in [0.5, 0.6) is 5.75 Å². The maximum Gasteiger partial charge on any atom is 0.247 e. The van der Waals surface area contributed by atoms with Crippen LogP contribution in [0.25, 0.3) is 0 Å². The van der Waals surface area contributed by atoms with Gasteiger partial charge in [0.1, 0.15) is 16.7 Å². The third kappa shape index (κ3) is 6.36. The number of likely N-dealkylation sites (N-methyl/N-ethyl adjacent to an activating group) is 1. The van der Waals surface area contributed by atoms with E-state index in [2.05, 4.69) is 28.6 Å². The Kier molecular flexibility index (Phi) is 9.09. The van der Waals surface area contributed by atoms with Gasteiger partial charge < -0.3 is 9.84 Å². The van der Waals surface area contributed by atoms with Gasteiger partial charge in [0.15, 0.2) is 0 Å². The second kappa shape index (κ2) is 11.8. The molecule has 1 aromatic carbocycles. The van der Waals surface area contributed by atoms with E-state index in [1.165, 1.54) is 4.31 Å². The van der Waals surface area contributed by atoms with Gasteiger partial charge in [-0.1, -0.05) is 25.7 Å². The molecule has 0 amide bonds. The number of aliphatic hydroxyl groups excluding tert-OH is 1. The molecule has 1 N–H and O–H groups in total. The number of fused-ring (bicyclic) bond motifs is 1. The van der Waals surface area contributed by atoms with Crippen molar-refractivity contribution in [1.29, 1.82) is 0 Å². The first-order valence-electron chi connectivity index (χ1n) is 11.8. The lowest BCUT2D eigenvalue weighted by Crippen LogP contribution is -2.49. The average molecular weight is 486 g/mol. The van der Waals surface area contributed by atoms with E-state index in [1.807, 2.05) is 26.1 Å². The van der Waals surface area contributed by atoms with Crippen LogP contribution in [-0.4, -0.2) is 66.6 Å². The highest BCUT2D eigenvalue weighted by molar-refractivity contribution is 7.89. The molecule has 0 saturated heterocycles. The monoisotopic (exact) mass is 485 g/mol. The molecular formula is C26H35N3O4S. The lowest BCUT2D eigenvalue weighted by Gasteiger charge is -2.37. The van der Waals surface area contributed by atoms with Gasteiger partial charge in [-0.05, 0) is 56.3 Å². The van der Waals surface area contributed by atoms with Gasteiger partial charge in [0, 0.05) is 56.0 Å². The van der Waals surface area contributed by atoms with Crippen LogP contribution in [0, 0.1) is 17.8 Å². The summed E-state index contributed by atoms with van der Waals surface area (Å²) in [5.74, 6) is 6.43. The van der Waals surface area contributed by atoms with E-state index in [1.54, 1.807) is 37.5 Å². The molecule has 0 aliphatic carbocycles. The topological polar surface area (TPSA) is 83.0 Å². The Bertz CT molecular complexity index is 1110. The Balaban J connectivity index is 1.97. The molecule has 3 rings (SSSR count). The predicted molar refractivity (Wildman–Crippen MR) is 133 cm³/mol. The SMILES string of the molecule is CCCC#Cc1ccc2c(c1)O[C@H](CN(C)Cc1ccncc1)[C@H](C)CN([C@@H](C)CO)S2(=O)=O. The minimum Gasteiger partial charge on any atom is -0.487 e. The van der Waals surface area contributed by atoms with Crippen molar-refractivity contribution < 1.29 is 18.3 Å². The number of rotatable bonds is 7. The first-order valence-corrected chi connectivity index (χ1v) is 13.2. The zero-order chi connectivity index (χ0) is 24.7. The van der Waals surface area contributed by atoms with Gasteiger partial charge in [-0.3, -0.25) is 9.88 Å². The largest absolute Gasteiger partial charge is 0.487 e. The number of hydrogen-bond acceptors (Lipinski definition) is 6. The van der Waals surface area contributed by atoms with Crippen LogP contribution in [0.1, 0.15) is 44.7 Å². The third-order valence-electron chi connectivity index (χ3n) is 5.97. The molecule has 0 saturated carbocycles. The number of pyridine rings is 1. The molecule has 0 bridgehead atoms. The lowest BCUT2D eigenvalue weighted by atomic mass is 10.0. The molecule has 0 fully saturated rings. The third-order valence-corrected chi connectivity index (χ3v) is 7.99. The van der Waals surface area contributed by atoms with Crippen LogP contribution >= 0.6 is 0 Å².